The summed E-state index contributed by atoms with van der Waals surface area (Å²) in [5.74, 6) is 1.76. The maximum atomic E-state index is 12.5. The monoisotopic (exact) mass is 414 g/mol. The number of hydrogen-bond donors (Lipinski definition) is 1. The van der Waals surface area contributed by atoms with Crippen LogP contribution in [0.15, 0.2) is 24.5 Å². The standard InChI is InChI=1S/C22H27ClN4O2/c1-29-20-7-6-15(12-18(20)23)13-21(28)26-16-8-10-27(11-9-16)22-17-4-2-3-5-19(17)24-14-25-22/h6-7,12,14,16H,2-5,8-11,13H2,1H3,(H,26,28). The predicted octanol–water partition coefficient (Wildman–Crippen LogP) is 3.35. The Kier molecular flexibility index (Phi) is 6.19. The molecule has 4 rings (SSSR count). The maximum Gasteiger partial charge on any atom is 0.224 e. The summed E-state index contributed by atoms with van der Waals surface area (Å²) in [6.07, 6.45) is 8.45. The van der Waals surface area contributed by atoms with Gasteiger partial charge in [0.25, 0.3) is 0 Å². The fourth-order valence-electron chi connectivity index (χ4n) is 4.30. The van der Waals surface area contributed by atoms with Crippen LogP contribution in [0.5, 0.6) is 5.75 Å². The van der Waals surface area contributed by atoms with Gasteiger partial charge in [-0.25, -0.2) is 9.97 Å². The van der Waals surface area contributed by atoms with Crippen LogP contribution in [0.2, 0.25) is 5.02 Å². The molecule has 1 aliphatic heterocycles. The van der Waals surface area contributed by atoms with Crippen LogP contribution in [0.3, 0.4) is 0 Å². The van der Waals surface area contributed by atoms with E-state index in [4.69, 9.17) is 16.3 Å². The number of anilines is 1. The average molecular weight is 415 g/mol. The molecule has 2 aromatic rings. The number of aromatic nitrogens is 2. The van der Waals surface area contributed by atoms with Crippen molar-refractivity contribution in [2.75, 3.05) is 25.1 Å². The molecule has 1 amide bonds. The van der Waals surface area contributed by atoms with Gasteiger partial charge in [-0.2, -0.15) is 0 Å². The number of ether oxygens (including phenoxy) is 1. The molecule has 0 saturated carbocycles. The molecule has 0 radical (unpaired) electrons. The fourth-order valence-corrected chi connectivity index (χ4v) is 4.58. The number of carbonyl (C=O) groups excluding carboxylic acids is 1. The summed E-state index contributed by atoms with van der Waals surface area (Å²) in [6.45, 7) is 1.81. The lowest BCUT2D eigenvalue weighted by Crippen LogP contribution is -2.45. The highest BCUT2D eigenvalue weighted by atomic mass is 35.5. The summed E-state index contributed by atoms with van der Waals surface area (Å²) >= 11 is 6.16. The van der Waals surface area contributed by atoms with E-state index in [1.54, 1.807) is 25.6 Å². The molecular formula is C22H27ClN4O2. The molecule has 29 heavy (non-hydrogen) atoms. The van der Waals surface area contributed by atoms with Crippen LogP contribution in [-0.4, -0.2) is 42.1 Å². The van der Waals surface area contributed by atoms with E-state index < -0.39 is 0 Å². The molecule has 0 atom stereocenters. The van der Waals surface area contributed by atoms with Gasteiger partial charge in [0.2, 0.25) is 5.91 Å². The first-order valence-corrected chi connectivity index (χ1v) is 10.7. The zero-order valence-electron chi connectivity index (χ0n) is 16.8. The van der Waals surface area contributed by atoms with Crippen molar-refractivity contribution in [3.8, 4) is 5.75 Å². The van der Waals surface area contributed by atoms with E-state index in [0.717, 1.165) is 50.2 Å². The van der Waals surface area contributed by atoms with Gasteiger partial charge < -0.3 is 15.0 Å². The molecule has 1 aliphatic carbocycles. The van der Waals surface area contributed by atoms with Gasteiger partial charge in [-0.3, -0.25) is 4.79 Å². The lowest BCUT2D eigenvalue weighted by atomic mass is 9.95. The van der Waals surface area contributed by atoms with E-state index in [-0.39, 0.29) is 11.9 Å². The summed E-state index contributed by atoms with van der Waals surface area (Å²) in [5.41, 5.74) is 3.44. The number of halogens is 1. The van der Waals surface area contributed by atoms with Crippen LogP contribution in [0.25, 0.3) is 0 Å². The minimum atomic E-state index is 0.0316. The topological polar surface area (TPSA) is 67.3 Å². The Balaban J connectivity index is 1.31. The number of methoxy groups -OCH3 is 1. The largest absolute Gasteiger partial charge is 0.495 e. The van der Waals surface area contributed by atoms with Crippen molar-refractivity contribution >= 4 is 23.3 Å². The quantitative estimate of drug-likeness (QED) is 0.812. The third-order valence-corrected chi connectivity index (χ3v) is 6.14. The molecule has 1 fully saturated rings. The predicted molar refractivity (Wildman–Crippen MR) is 114 cm³/mol. The molecule has 6 nitrogen and oxygen atoms in total. The van der Waals surface area contributed by atoms with Crippen molar-refractivity contribution in [1.29, 1.82) is 0 Å². The fraction of sp³-hybridized carbons (Fsp3) is 0.500. The number of nitrogens with zero attached hydrogens (tertiary/aromatic N) is 3. The smallest absolute Gasteiger partial charge is 0.224 e. The normalized spacial score (nSPS) is 17.0. The lowest BCUT2D eigenvalue weighted by Gasteiger charge is -2.35. The highest BCUT2D eigenvalue weighted by Gasteiger charge is 2.25. The van der Waals surface area contributed by atoms with Crippen LogP contribution < -0.4 is 15.0 Å². The van der Waals surface area contributed by atoms with Gasteiger partial charge in [0.05, 0.1) is 18.6 Å². The summed E-state index contributed by atoms with van der Waals surface area (Å²) in [4.78, 5) is 23.9. The minimum absolute atomic E-state index is 0.0316. The molecule has 0 spiro atoms. The van der Waals surface area contributed by atoms with Gasteiger partial charge in [-0.1, -0.05) is 17.7 Å². The first-order valence-electron chi connectivity index (χ1n) is 10.3. The number of aryl methyl sites for hydroxylation is 1. The van der Waals surface area contributed by atoms with Gasteiger partial charge in [-0.15, -0.1) is 0 Å². The number of hydrogen-bond acceptors (Lipinski definition) is 5. The second kappa shape index (κ2) is 8.99. The minimum Gasteiger partial charge on any atom is -0.495 e. The number of fused-ring (bicyclic) bond motifs is 1. The Morgan fingerprint density at radius 2 is 2.03 bits per heavy atom. The van der Waals surface area contributed by atoms with Gasteiger partial charge in [0.15, 0.2) is 0 Å². The Morgan fingerprint density at radius 1 is 1.24 bits per heavy atom. The third-order valence-electron chi connectivity index (χ3n) is 5.84. The first kappa shape index (κ1) is 20.0. The average Bonchev–Trinajstić information content (AvgIpc) is 2.74. The lowest BCUT2D eigenvalue weighted by molar-refractivity contribution is -0.121. The Morgan fingerprint density at radius 3 is 2.79 bits per heavy atom. The summed E-state index contributed by atoms with van der Waals surface area (Å²) in [6, 6.07) is 5.67. The second-order valence-electron chi connectivity index (χ2n) is 7.80. The summed E-state index contributed by atoms with van der Waals surface area (Å²) < 4.78 is 5.16. The van der Waals surface area contributed by atoms with Crippen molar-refractivity contribution < 1.29 is 9.53 Å². The molecule has 7 heteroatoms. The van der Waals surface area contributed by atoms with Gasteiger partial charge in [0.1, 0.15) is 17.9 Å². The van der Waals surface area contributed by atoms with E-state index in [1.165, 1.54) is 24.1 Å². The van der Waals surface area contributed by atoms with E-state index in [1.807, 2.05) is 6.07 Å². The van der Waals surface area contributed by atoms with Crippen LogP contribution in [0.1, 0.15) is 42.5 Å². The maximum absolute atomic E-state index is 12.5. The molecule has 1 aromatic heterocycles. The molecule has 2 heterocycles. The molecule has 0 bridgehead atoms. The highest BCUT2D eigenvalue weighted by molar-refractivity contribution is 6.32. The zero-order valence-corrected chi connectivity index (χ0v) is 17.5. The van der Waals surface area contributed by atoms with Gasteiger partial charge in [-0.05, 0) is 56.2 Å². The Labute approximate surface area is 176 Å². The number of carbonyl (C=O) groups is 1. The van der Waals surface area contributed by atoms with Crippen LogP contribution in [-0.2, 0) is 24.1 Å². The van der Waals surface area contributed by atoms with E-state index in [9.17, 15) is 4.79 Å². The summed E-state index contributed by atoms with van der Waals surface area (Å²) in [7, 11) is 1.58. The second-order valence-corrected chi connectivity index (χ2v) is 8.21. The molecular weight excluding hydrogens is 388 g/mol. The number of benzene rings is 1. The Bertz CT molecular complexity index is 881. The van der Waals surface area contributed by atoms with Crippen molar-refractivity contribution in [3.05, 3.63) is 46.4 Å². The van der Waals surface area contributed by atoms with E-state index in [0.29, 0.717) is 17.2 Å². The number of rotatable bonds is 5. The molecule has 2 aliphatic rings. The van der Waals surface area contributed by atoms with E-state index in [2.05, 4.69) is 20.2 Å². The number of nitrogens with one attached hydrogen (secondary N) is 1. The van der Waals surface area contributed by atoms with E-state index >= 15 is 0 Å². The van der Waals surface area contributed by atoms with Crippen molar-refractivity contribution in [1.82, 2.24) is 15.3 Å². The molecule has 1 aromatic carbocycles. The molecule has 0 unspecified atom stereocenters. The highest BCUT2D eigenvalue weighted by Crippen LogP contribution is 2.29. The van der Waals surface area contributed by atoms with Crippen molar-refractivity contribution in [2.24, 2.45) is 0 Å². The molecule has 1 saturated heterocycles. The number of amides is 1. The molecule has 154 valence electrons. The van der Waals surface area contributed by atoms with Crippen molar-refractivity contribution in [3.63, 3.8) is 0 Å². The first-order chi connectivity index (χ1) is 14.1. The van der Waals surface area contributed by atoms with Gasteiger partial charge in [0, 0.05) is 30.4 Å². The molecule has 1 N–H and O–H groups in total. The van der Waals surface area contributed by atoms with Crippen LogP contribution in [0, 0.1) is 0 Å². The number of piperidine rings is 1. The summed E-state index contributed by atoms with van der Waals surface area (Å²) in [5, 5.41) is 3.70. The van der Waals surface area contributed by atoms with Crippen LogP contribution in [0.4, 0.5) is 5.82 Å². The van der Waals surface area contributed by atoms with Crippen molar-refractivity contribution in [2.45, 2.75) is 51.0 Å². The Hall–Kier alpha value is -2.34. The third kappa shape index (κ3) is 4.64. The van der Waals surface area contributed by atoms with Gasteiger partial charge >= 0.3 is 0 Å². The SMILES string of the molecule is COc1ccc(CC(=O)NC2CCN(c3ncnc4c3CCCC4)CC2)cc1Cl. The zero-order chi connectivity index (χ0) is 20.2. The van der Waals surface area contributed by atoms with Crippen LogP contribution >= 0.6 is 11.6 Å².